The van der Waals surface area contributed by atoms with Crippen LogP contribution >= 0.6 is 7.82 Å². The van der Waals surface area contributed by atoms with E-state index >= 15 is 0 Å². The summed E-state index contributed by atoms with van der Waals surface area (Å²) in [5.74, 6) is 0. The van der Waals surface area contributed by atoms with Crippen LogP contribution in [0.3, 0.4) is 0 Å². The largest absolute Gasteiger partial charge is 0.756 e. The Morgan fingerprint density at radius 3 is 1.88 bits per heavy atom. The number of hydrogen-bond donors (Lipinski definition) is 0. The molecule has 4 nitrogen and oxygen atoms in total. The van der Waals surface area contributed by atoms with Crippen molar-refractivity contribution in [2.45, 2.75) is 6.29 Å². The Bertz CT molecular complexity index is 142. The second kappa shape index (κ2) is 1.27. The van der Waals surface area contributed by atoms with E-state index in [0.717, 1.165) is 0 Å². The molecule has 0 atom stereocenters. The number of phosphoric acid groups is 1. The van der Waals surface area contributed by atoms with E-state index in [1.807, 2.05) is 0 Å². The zero-order valence-corrected chi connectivity index (χ0v) is 4.23. The second-order valence-corrected chi connectivity index (χ2v) is 2.35. The van der Waals surface area contributed by atoms with Crippen molar-refractivity contribution in [3.8, 4) is 0 Å². The Kier molecular flexibility index (Phi) is 0.970. The second-order valence-electron chi connectivity index (χ2n) is 1.09. The molecule has 1 fully saturated rings. The summed E-state index contributed by atoms with van der Waals surface area (Å²) in [7, 11) is -4.59. The quantitative estimate of drug-likeness (QED) is 0.452. The predicted molar refractivity (Wildman–Crippen MR) is 14.7 cm³/mol. The molecule has 1 saturated heterocycles. The van der Waals surface area contributed by atoms with Crippen LogP contribution in [-0.2, 0) is 13.6 Å². The first-order valence-corrected chi connectivity index (χ1v) is 2.98. The average Bonchev–Trinajstić information content (AvgIpc) is 1.20. The highest BCUT2D eigenvalue weighted by atomic mass is 31.2. The Labute approximate surface area is 42.6 Å². The third-order valence-corrected chi connectivity index (χ3v) is 1.31. The monoisotopic (exact) mass is 145 g/mol. The number of rotatable bonds is 0. The van der Waals surface area contributed by atoms with Crippen molar-refractivity contribution < 1.29 is 27.3 Å². The molecule has 0 aromatic carbocycles. The lowest BCUT2D eigenvalue weighted by atomic mass is 11.3. The van der Waals surface area contributed by atoms with Crippen LogP contribution in [0.5, 0.6) is 0 Å². The number of alkyl halides is 2. The third-order valence-electron chi connectivity index (χ3n) is 0.436. The Morgan fingerprint density at radius 2 is 1.88 bits per heavy atom. The summed E-state index contributed by atoms with van der Waals surface area (Å²) >= 11 is 0. The summed E-state index contributed by atoms with van der Waals surface area (Å²) in [4.78, 5) is 9.61. The molecular formula is CF2O4P-. The molecule has 0 amide bonds. The van der Waals surface area contributed by atoms with Crippen molar-refractivity contribution >= 4 is 7.82 Å². The van der Waals surface area contributed by atoms with E-state index < -0.39 is 14.1 Å². The van der Waals surface area contributed by atoms with Gasteiger partial charge in [0.15, 0.2) is 0 Å². The molecule has 7 heteroatoms. The summed E-state index contributed by atoms with van der Waals surface area (Å²) in [6, 6.07) is 0. The molecule has 0 aromatic heterocycles. The summed E-state index contributed by atoms with van der Waals surface area (Å²) < 4.78 is 38.0. The van der Waals surface area contributed by atoms with E-state index in [9.17, 15) is 18.2 Å². The Balaban J connectivity index is 2.55. The number of phosphoric ester groups is 1. The van der Waals surface area contributed by atoms with Crippen molar-refractivity contribution in [3.63, 3.8) is 0 Å². The molecule has 0 saturated carbocycles. The zero-order chi connectivity index (χ0) is 6.41. The van der Waals surface area contributed by atoms with Crippen LogP contribution < -0.4 is 4.89 Å². The molecule has 1 aliphatic heterocycles. The third kappa shape index (κ3) is 1.03. The van der Waals surface area contributed by atoms with Gasteiger partial charge < -0.3 is 4.89 Å². The van der Waals surface area contributed by atoms with Crippen molar-refractivity contribution in [1.29, 1.82) is 0 Å². The molecule has 0 aromatic rings. The van der Waals surface area contributed by atoms with Gasteiger partial charge in [-0.1, -0.05) is 0 Å². The standard InChI is InChI=1S/CHF2O4P/c2-1(3)6-8(4,5)7-1/h(H,4,5)/p-1. The normalized spacial score (nSPS) is 31.4. The van der Waals surface area contributed by atoms with E-state index in [1.54, 1.807) is 0 Å². The highest BCUT2D eigenvalue weighted by molar-refractivity contribution is 7.47. The molecule has 1 rings (SSSR count). The van der Waals surface area contributed by atoms with Crippen LogP contribution in [0.4, 0.5) is 8.78 Å². The fraction of sp³-hybridized carbons (Fsp3) is 1.00. The van der Waals surface area contributed by atoms with Gasteiger partial charge >= 0.3 is 6.29 Å². The maximum absolute atomic E-state index is 11.2. The van der Waals surface area contributed by atoms with Gasteiger partial charge in [0.2, 0.25) is 0 Å². The fourth-order valence-corrected chi connectivity index (χ4v) is 0.801. The smallest absolute Gasteiger partial charge is 0.498 e. The average molecular weight is 145 g/mol. The van der Waals surface area contributed by atoms with Gasteiger partial charge in [-0.25, -0.2) is 9.05 Å². The summed E-state index contributed by atoms with van der Waals surface area (Å²) in [6.45, 7) is 0. The molecule has 0 aliphatic carbocycles. The fourth-order valence-electron chi connectivity index (χ4n) is 0.267. The van der Waals surface area contributed by atoms with Gasteiger partial charge in [0.1, 0.15) is 0 Å². The molecule has 0 bridgehead atoms. The first-order chi connectivity index (χ1) is 3.41. The molecule has 8 heavy (non-hydrogen) atoms. The van der Waals surface area contributed by atoms with E-state index in [-0.39, 0.29) is 0 Å². The van der Waals surface area contributed by atoms with Crippen molar-refractivity contribution in [1.82, 2.24) is 0 Å². The van der Waals surface area contributed by atoms with Gasteiger partial charge in [0.05, 0.1) is 0 Å². The van der Waals surface area contributed by atoms with Crippen molar-refractivity contribution in [2.75, 3.05) is 0 Å². The maximum Gasteiger partial charge on any atom is 0.498 e. The lowest BCUT2D eigenvalue weighted by Gasteiger charge is -2.36. The topological polar surface area (TPSA) is 58.6 Å². The van der Waals surface area contributed by atoms with Crippen LogP contribution in [0.1, 0.15) is 0 Å². The number of hydrogen-bond acceptors (Lipinski definition) is 4. The minimum atomic E-state index is -4.59. The summed E-state index contributed by atoms with van der Waals surface area (Å²) in [6.07, 6.45) is -3.92. The van der Waals surface area contributed by atoms with Crippen molar-refractivity contribution in [2.24, 2.45) is 0 Å². The maximum atomic E-state index is 11.2. The van der Waals surface area contributed by atoms with Gasteiger partial charge in [-0.15, -0.1) is 8.78 Å². The SMILES string of the molecule is O=P1([O-])OC(F)(F)O1. The van der Waals surface area contributed by atoms with Gasteiger partial charge in [-0.3, -0.25) is 4.57 Å². The highest BCUT2D eigenvalue weighted by Gasteiger charge is 2.51. The molecule has 1 heterocycles. The van der Waals surface area contributed by atoms with Gasteiger partial charge in [0.25, 0.3) is 7.82 Å². The van der Waals surface area contributed by atoms with E-state index in [2.05, 4.69) is 9.05 Å². The van der Waals surface area contributed by atoms with Crippen LogP contribution in [0, 0.1) is 0 Å². The minimum Gasteiger partial charge on any atom is -0.756 e. The van der Waals surface area contributed by atoms with Crippen LogP contribution in [0.15, 0.2) is 0 Å². The van der Waals surface area contributed by atoms with E-state index in [0.29, 0.717) is 0 Å². The lowest BCUT2D eigenvalue weighted by Crippen LogP contribution is -2.37. The molecule has 0 unspecified atom stereocenters. The van der Waals surface area contributed by atoms with E-state index in [4.69, 9.17) is 0 Å². The summed E-state index contributed by atoms with van der Waals surface area (Å²) in [5.41, 5.74) is 0. The molecule has 48 valence electrons. The zero-order valence-electron chi connectivity index (χ0n) is 3.34. The lowest BCUT2D eigenvalue weighted by molar-refractivity contribution is -0.426. The van der Waals surface area contributed by atoms with Gasteiger partial charge in [-0.05, 0) is 0 Å². The Hall–Kier alpha value is -0.0300. The molecule has 1 aliphatic rings. The molecular weight excluding hydrogens is 145 g/mol. The van der Waals surface area contributed by atoms with E-state index in [1.165, 1.54) is 0 Å². The van der Waals surface area contributed by atoms with Crippen molar-refractivity contribution in [3.05, 3.63) is 0 Å². The molecule has 0 radical (unpaired) electrons. The summed E-state index contributed by atoms with van der Waals surface area (Å²) in [5, 5.41) is 0. The first kappa shape index (κ1) is 6.10. The predicted octanol–water partition coefficient (Wildman–Crippen LogP) is 0.0519. The van der Waals surface area contributed by atoms with Crippen LogP contribution in [0.25, 0.3) is 0 Å². The first-order valence-electron chi connectivity index (χ1n) is 1.52. The van der Waals surface area contributed by atoms with Gasteiger partial charge in [0, 0.05) is 0 Å². The van der Waals surface area contributed by atoms with Crippen LogP contribution in [-0.4, -0.2) is 6.29 Å². The number of halogens is 2. The minimum absolute atomic E-state index is 2.96. The van der Waals surface area contributed by atoms with Crippen LogP contribution in [0.2, 0.25) is 0 Å². The Morgan fingerprint density at radius 1 is 1.50 bits per heavy atom. The molecule has 0 N–H and O–H groups in total. The van der Waals surface area contributed by atoms with Gasteiger partial charge in [-0.2, -0.15) is 0 Å². The highest BCUT2D eigenvalue weighted by Crippen LogP contribution is 2.58. The molecule has 0 spiro atoms.